The quantitative estimate of drug-likeness (QED) is 0.542. The van der Waals surface area contributed by atoms with E-state index >= 15 is 0 Å². The minimum Gasteiger partial charge on any atom is -0.464 e. The predicted molar refractivity (Wildman–Crippen MR) is 93.2 cm³/mol. The van der Waals surface area contributed by atoms with Crippen molar-refractivity contribution in [2.24, 2.45) is 11.3 Å². The number of imidazole rings is 1. The van der Waals surface area contributed by atoms with Gasteiger partial charge in [-0.05, 0) is 12.0 Å². The summed E-state index contributed by atoms with van der Waals surface area (Å²) in [5, 5.41) is 0. The Morgan fingerprint density at radius 3 is 3.00 bits per heavy atom. The lowest BCUT2D eigenvalue weighted by Gasteiger charge is -2.14. The first kappa shape index (κ1) is 18.2. The lowest BCUT2D eigenvalue weighted by molar-refractivity contribution is -0.149. The van der Waals surface area contributed by atoms with Crippen LogP contribution in [0.5, 0.6) is 0 Å². The SMILES string of the molecule is CC(C)C(=O)OC[C@]1(COP=O)C/C1=C/n1cnc2c(=O)[nH]c(N)nc21. The van der Waals surface area contributed by atoms with Crippen LogP contribution < -0.4 is 11.3 Å². The first-order chi connectivity index (χ1) is 12.4. The van der Waals surface area contributed by atoms with E-state index in [4.69, 9.17) is 15.0 Å². The molecule has 1 atom stereocenters. The Hall–Kier alpha value is -2.58. The zero-order valence-electron chi connectivity index (χ0n) is 14.3. The number of aromatic nitrogens is 4. The van der Waals surface area contributed by atoms with Gasteiger partial charge in [-0.1, -0.05) is 13.8 Å². The fourth-order valence-corrected chi connectivity index (χ4v) is 2.86. The van der Waals surface area contributed by atoms with E-state index in [0.29, 0.717) is 12.1 Å². The molecule has 0 saturated heterocycles. The fourth-order valence-electron chi connectivity index (χ4n) is 2.56. The number of nitrogen functional groups attached to an aromatic ring is 1. The molecule has 0 spiro atoms. The highest BCUT2D eigenvalue weighted by Crippen LogP contribution is 2.53. The van der Waals surface area contributed by atoms with Gasteiger partial charge in [0.15, 0.2) is 11.2 Å². The number of nitrogens with two attached hydrogens (primary N) is 1. The maximum atomic E-state index is 11.8. The summed E-state index contributed by atoms with van der Waals surface area (Å²) < 4.78 is 22.6. The number of anilines is 1. The number of H-pyrrole nitrogens is 1. The Balaban J connectivity index is 1.87. The van der Waals surface area contributed by atoms with Crippen molar-refractivity contribution in [2.75, 3.05) is 18.9 Å². The van der Waals surface area contributed by atoms with Gasteiger partial charge >= 0.3 is 14.7 Å². The van der Waals surface area contributed by atoms with Crippen molar-refractivity contribution in [1.82, 2.24) is 19.5 Å². The molecule has 0 unspecified atom stereocenters. The number of carbonyl (C=O) groups excluding carboxylic acids is 1. The Morgan fingerprint density at radius 1 is 1.54 bits per heavy atom. The molecule has 3 rings (SSSR count). The van der Waals surface area contributed by atoms with E-state index in [1.807, 2.05) is 0 Å². The van der Waals surface area contributed by atoms with Gasteiger partial charge in [-0.2, -0.15) is 4.98 Å². The van der Waals surface area contributed by atoms with Crippen molar-refractivity contribution in [3.05, 3.63) is 22.3 Å². The van der Waals surface area contributed by atoms with Crippen LogP contribution in [-0.2, 0) is 18.6 Å². The minimum atomic E-state index is -0.550. The second-order valence-corrected chi connectivity index (χ2v) is 6.90. The molecule has 26 heavy (non-hydrogen) atoms. The predicted octanol–water partition coefficient (Wildman–Crippen LogP) is 1.36. The van der Waals surface area contributed by atoms with E-state index in [-0.39, 0.29) is 36.6 Å². The number of hydrogen-bond donors (Lipinski definition) is 2. The van der Waals surface area contributed by atoms with Gasteiger partial charge < -0.3 is 10.5 Å². The molecular formula is C15H18N5O5P. The minimum absolute atomic E-state index is 0.0101. The number of nitrogens with zero attached hydrogens (tertiary/aromatic N) is 3. The summed E-state index contributed by atoms with van der Waals surface area (Å²) in [6.07, 6.45) is 3.79. The van der Waals surface area contributed by atoms with Crippen molar-refractivity contribution in [3.63, 3.8) is 0 Å². The van der Waals surface area contributed by atoms with Gasteiger partial charge in [-0.25, -0.2) is 9.55 Å². The normalized spacial score (nSPS) is 21.0. The van der Waals surface area contributed by atoms with Crippen LogP contribution in [0.2, 0.25) is 0 Å². The first-order valence-electron chi connectivity index (χ1n) is 7.91. The lowest BCUT2D eigenvalue weighted by atomic mass is 10.1. The van der Waals surface area contributed by atoms with Crippen LogP contribution >= 0.6 is 8.69 Å². The highest BCUT2D eigenvalue weighted by molar-refractivity contribution is 7.17. The van der Waals surface area contributed by atoms with Crippen molar-refractivity contribution in [1.29, 1.82) is 0 Å². The number of aromatic amines is 1. The van der Waals surface area contributed by atoms with Crippen molar-refractivity contribution >= 4 is 38.0 Å². The third-order valence-electron chi connectivity index (χ3n) is 4.19. The van der Waals surface area contributed by atoms with Crippen LogP contribution in [0.4, 0.5) is 5.95 Å². The zero-order chi connectivity index (χ0) is 18.9. The second-order valence-electron chi connectivity index (χ2n) is 6.50. The average Bonchev–Trinajstić information content (AvgIpc) is 3.11. The number of ether oxygens (including phenoxy) is 1. The van der Waals surface area contributed by atoms with Crippen molar-refractivity contribution in [3.8, 4) is 0 Å². The van der Waals surface area contributed by atoms with Gasteiger partial charge in [0.1, 0.15) is 12.9 Å². The fraction of sp³-hybridized carbons (Fsp3) is 0.467. The maximum Gasteiger partial charge on any atom is 0.327 e. The van der Waals surface area contributed by atoms with Crippen LogP contribution in [0.1, 0.15) is 20.3 Å². The van der Waals surface area contributed by atoms with Crippen LogP contribution in [0.25, 0.3) is 17.4 Å². The largest absolute Gasteiger partial charge is 0.464 e. The molecule has 0 aromatic carbocycles. The molecular weight excluding hydrogens is 361 g/mol. The summed E-state index contributed by atoms with van der Waals surface area (Å²) >= 11 is 0. The number of nitrogens with one attached hydrogen (secondary N) is 1. The molecule has 1 aliphatic rings. The molecule has 1 aliphatic carbocycles. The lowest BCUT2D eigenvalue weighted by Crippen LogP contribution is -2.21. The highest BCUT2D eigenvalue weighted by atomic mass is 31.1. The molecule has 11 heteroatoms. The molecule has 0 radical (unpaired) electrons. The molecule has 10 nitrogen and oxygen atoms in total. The number of esters is 1. The summed E-state index contributed by atoms with van der Waals surface area (Å²) in [6.45, 7) is 3.75. The molecule has 2 aromatic rings. The van der Waals surface area contributed by atoms with Crippen LogP contribution in [0, 0.1) is 11.3 Å². The summed E-state index contributed by atoms with van der Waals surface area (Å²) in [6, 6.07) is 0. The number of hydrogen-bond acceptors (Lipinski definition) is 8. The highest BCUT2D eigenvalue weighted by Gasteiger charge is 2.51. The number of carbonyl (C=O) groups is 1. The molecule has 1 fully saturated rings. The van der Waals surface area contributed by atoms with E-state index in [1.54, 1.807) is 24.6 Å². The monoisotopic (exact) mass is 379 g/mol. The number of fused-ring (bicyclic) bond motifs is 1. The standard InChI is InChI=1S/C15H18N5O5P/c1-8(2)13(22)24-5-15(6-25-26-23)3-9(15)4-20-7-17-10-11(20)18-14(16)19-12(10)21/h4,7-8H,3,5-6H2,1-2H3,(H3,16,18,19,21)/b9-4-/t15-/m0/s1. The summed E-state index contributed by atoms with van der Waals surface area (Å²) in [4.78, 5) is 34.1. The zero-order valence-corrected chi connectivity index (χ0v) is 15.2. The van der Waals surface area contributed by atoms with E-state index in [9.17, 15) is 14.2 Å². The molecule has 0 aliphatic heterocycles. The van der Waals surface area contributed by atoms with Gasteiger partial charge in [0.2, 0.25) is 5.95 Å². The van der Waals surface area contributed by atoms with E-state index < -0.39 is 19.7 Å². The molecule has 1 saturated carbocycles. The molecule has 138 valence electrons. The van der Waals surface area contributed by atoms with Crippen LogP contribution in [-0.4, -0.2) is 38.7 Å². The van der Waals surface area contributed by atoms with Crippen molar-refractivity contribution in [2.45, 2.75) is 20.3 Å². The molecule has 2 aromatic heterocycles. The number of rotatable bonds is 7. The van der Waals surface area contributed by atoms with Crippen molar-refractivity contribution < 1.29 is 18.6 Å². The van der Waals surface area contributed by atoms with E-state index in [1.165, 1.54) is 6.33 Å². The van der Waals surface area contributed by atoms with Gasteiger partial charge in [0, 0.05) is 6.20 Å². The molecule has 3 N–H and O–H groups in total. The van der Waals surface area contributed by atoms with Gasteiger partial charge in [0.25, 0.3) is 5.56 Å². The topological polar surface area (TPSA) is 142 Å². The Bertz CT molecular complexity index is 950. The molecule has 2 heterocycles. The van der Waals surface area contributed by atoms with E-state index in [0.717, 1.165) is 5.57 Å². The van der Waals surface area contributed by atoms with Gasteiger partial charge in [0.05, 0.1) is 17.9 Å². The Labute approximate surface area is 149 Å². The Kier molecular flexibility index (Phi) is 4.88. The smallest absolute Gasteiger partial charge is 0.327 e. The summed E-state index contributed by atoms with van der Waals surface area (Å²) in [7, 11) is -0.443. The van der Waals surface area contributed by atoms with Crippen LogP contribution in [0.3, 0.4) is 0 Å². The Morgan fingerprint density at radius 2 is 2.31 bits per heavy atom. The third-order valence-corrected chi connectivity index (χ3v) is 4.42. The average molecular weight is 379 g/mol. The van der Waals surface area contributed by atoms with Crippen LogP contribution in [0.15, 0.2) is 16.7 Å². The summed E-state index contributed by atoms with van der Waals surface area (Å²) in [5.41, 5.74) is 6.00. The molecule has 0 amide bonds. The molecule has 0 bridgehead atoms. The second kappa shape index (κ2) is 6.97. The first-order valence-corrected chi connectivity index (χ1v) is 8.64. The van der Waals surface area contributed by atoms with Gasteiger partial charge in [-0.3, -0.25) is 23.7 Å². The maximum absolute atomic E-state index is 11.8. The summed E-state index contributed by atoms with van der Waals surface area (Å²) in [5.74, 6) is -0.568. The van der Waals surface area contributed by atoms with E-state index in [2.05, 4.69) is 15.0 Å². The third kappa shape index (κ3) is 3.51. The van der Waals surface area contributed by atoms with Gasteiger partial charge in [-0.15, -0.1) is 0 Å².